The third kappa shape index (κ3) is 6.90. The van der Waals surface area contributed by atoms with Crippen LogP contribution in [0.2, 0.25) is 0 Å². The quantitative estimate of drug-likeness (QED) is 0.391. The highest BCUT2D eigenvalue weighted by molar-refractivity contribution is 6.39. The molecule has 0 atom stereocenters. The predicted octanol–water partition coefficient (Wildman–Crippen LogP) is -0.995. The molecule has 0 aromatic heterocycles. The van der Waals surface area contributed by atoms with Crippen LogP contribution in [0, 0.1) is 0 Å². The molecule has 1 saturated heterocycles. The Hall–Kier alpha value is -2.45. The SMILES string of the molecule is CC(=O)Nc1ccc(NC(=O)C(=O)NCCC[NH+]2CCOCC2)cc1. The molecule has 1 aliphatic rings. The molecule has 2 rings (SSSR count). The van der Waals surface area contributed by atoms with Gasteiger partial charge in [-0.05, 0) is 24.3 Å². The Morgan fingerprint density at radius 3 is 2.20 bits per heavy atom. The Balaban J connectivity index is 1.67. The van der Waals surface area contributed by atoms with E-state index in [1.54, 1.807) is 24.3 Å². The lowest BCUT2D eigenvalue weighted by Crippen LogP contribution is -3.14. The summed E-state index contributed by atoms with van der Waals surface area (Å²) in [6.07, 6.45) is 0.819. The van der Waals surface area contributed by atoms with Gasteiger partial charge < -0.3 is 25.6 Å². The van der Waals surface area contributed by atoms with E-state index >= 15 is 0 Å². The van der Waals surface area contributed by atoms with Gasteiger partial charge in [-0.2, -0.15) is 0 Å². The summed E-state index contributed by atoms with van der Waals surface area (Å²) < 4.78 is 5.29. The number of hydrogen-bond donors (Lipinski definition) is 4. The monoisotopic (exact) mass is 349 g/mol. The lowest BCUT2D eigenvalue weighted by atomic mass is 10.2. The van der Waals surface area contributed by atoms with E-state index in [4.69, 9.17) is 4.74 Å². The van der Waals surface area contributed by atoms with Crippen LogP contribution < -0.4 is 20.9 Å². The van der Waals surface area contributed by atoms with Crippen LogP contribution in [0.25, 0.3) is 0 Å². The minimum atomic E-state index is -0.703. The van der Waals surface area contributed by atoms with E-state index in [9.17, 15) is 14.4 Å². The molecule has 4 N–H and O–H groups in total. The van der Waals surface area contributed by atoms with Gasteiger partial charge in [-0.3, -0.25) is 14.4 Å². The van der Waals surface area contributed by atoms with Gasteiger partial charge in [0.1, 0.15) is 13.1 Å². The average molecular weight is 349 g/mol. The van der Waals surface area contributed by atoms with Crippen LogP contribution in [0.15, 0.2) is 24.3 Å². The standard InChI is InChI=1S/C17H24N4O4/c1-13(22)19-14-3-5-15(6-4-14)20-17(24)16(23)18-7-2-8-21-9-11-25-12-10-21/h3-6H,2,7-12H2,1H3,(H,18,23)(H,19,22)(H,20,24)/p+1. The Kier molecular flexibility index (Phi) is 7.36. The van der Waals surface area contributed by atoms with E-state index in [0.29, 0.717) is 17.9 Å². The molecule has 1 aliphatic heterocycles. The van der Waals surface area contributed by atoms with Gasteiger partial charge in [0.25, 0.3) is 0 Å². The van der Waals surface area contributed by atoms with E-state index in [1.807, 2.05) is 0 Å². The fourth-order valence-corrected chi connectivity index (χ4v) is 2.56. The van der Waals surface area contributed by atoms with Gasteiger partial charge in [-0.1, -0.05) is 0 Å². The topological polar surface area (TPSA) is 101 Å². The minimum absolute atomic E-state index is 0.171. The maximum absolute atomic E-state index is 11.9. The maximum Gasteiger partial charge on any atom is 0.313 e. The van der Waals surface area contributed by atoms with Crippen molar-refractivity contribution in [3.05, 3.63) is 24.3 Å². The number of carbonyl (C=O) groups is 3. The largest absolute Gasteiger partial charge is 0.370 e. The summed E-state index contributed by atoms with van der Waals surface area (Å²) in [6, 6.07) is 6.55. The summed E-state index contributed by atoms with van der Waals surface area (Å²) in [5.74, 6) is -1.52. The fourth-order valence-electron chi connectivity index (χ4n) is 2.56. The average Bonchev–Trinajstić information content (AvgIpc) is 2.60. The molecule has 8 nitrogen and oxygen atoms in total. The van der Waals surface area contributed by atoms with Crippen LogP contribution in [-0.2, 0) is 19.1 Å². The number of hydrogen-bond acceptors (Lipinski definition) is 4. The van der Waals surface area contributed by atoms with Crippen molar-refractivity contribution < 1.29 is 24.0 Å². The van der Waals surface area contributed by atoms with Gasteiger partial charge in [-0.15, -0.1) is 0 Å². The highest BCUT2D eigenvalue weighted by Crippen LogP contribution is 2.13. The van der Waals surface area contributed by atoms with Crippen molar-refractivity contribution in [2.24, 2.45) is 0 Å². The summed E-state index contributed by atoms with van der Waals surface area (Å²) in [5, 5.41) is 7.78. The molecule has 8 heteroatoms. The van der Waals surface area contributed by atoms with Crippen molar-refractivity contribution in [1.29, 1.82) is 0 Å². The second kappa shape index (κ2) is 9.75. The lowest BCUT2D eigenvalue weighted by molar-refractivity contribution is -0.908. The number of carbonyl (C=O) groups excluding carboxylic acids is 3. The van der Waals surface area contributed by atoms with E-state index in [-0.39, 0.29) is 5.91 Å². The highest BCUT2D eigenvalue weighted by Gasteiger charge is 2.15. The first kappa shape index (κ1) is 18.9. The van der Waals surface area contributed by atoms with Crippen molar-refractivity contribution in [3.63, 3.8) is 0 Å². The smallest absolute Gasteiger partial charge is 0.313 e. The van der Waals surface area contributed by atoms with Crippen molar-refractivity contribution in [3.8, 4) is 0 Å². The van der Waals surface area contributed by atoms with Crippen molar-refractivity contribution in [2.45, 2.75) is 13.3 Å². The number of nitrogens with one attached hydrogen (secondary N) is 4. The Morgan fingerprint density at radius 1 is 1.00 bits per heavy atom. The van der Waals surface area contributed by atoms with Gasteiger partial charge in [-0.25, -0.2) is 0 Å². The minimum Gasteiger partial charge on any atom is -0.370 e. The first-order valence-corrected chi connectivity index (χ1v) is 8.43. The van der Waals surface area contributed by atoms with Gasteiger partial charge in [0, 0.05) is 31.3 Å². The summed E-state index contributed by atoms with van der Waals surface area (Å²) in [6.45, 7) is 6.38. The van der Waals surface area contributed by atoms with Gasteiger partial charge in [0.2, 0.25) is 5.91 Å². The van der Waals surface area contributed by atoms with Crippen molar-refractivity contribution >= 4 is 29.1 Å². The van der Waals surface area contributed by atoms with E-state index in [2.05, 4.69) is 16.0 Å². The van der Waals surface area contributed by atoms with Crippen LogP contribution in [0.5, 0.6) is 0 Å². The third-order valence-corrected chi connectivity index (χ3v) is 3.86. The first-order chi connectivity index (χ1) is 12.0. The summed E-state index contributed by atoms with van der Waals surface area (Å²) in [4.78, 5) is 36.1. The predicted molar refractivity (Wildman–Crippen MR) is 93.4 cm³/mol. The maximum atomic E-state index is 11.9. The molecule has 0 spiro atoms. The van der Waals surface area contributed by atoms with E-state index < -0.39 is 11.8 Å². The molecule has 1 aromatic carbocycles. The Morgan fingerprint density at radius 2 is 1.60 bits per heavy atom. The van der Waals surface area contributed by atoms with E-state index in [0.717, 1.165) is 39.3 Å². The number of benzene rings is 1. The van der Waals surface area contributed by atoms with Crippen LogP contribution in [0.4, 0.5) is 11.4 Å². The second-order valence-electron chi connectivity index (χ2n) is 5.93. The zero-order valence-electron chi connectivity index (χ0n) is 14.4. The molecule has 0 bridgehead atoms. The molecule has 1 fully saturated rings. The molecule has 1 aromatic rings. The number of quaternary nitrogens is 1. The van der Waals surface area contributed by atoms with Crippen LogP contribution in [0.3, 0.4) is 0 Å². The van der Waals surface area contributed by atoms with Crippen LogP contribution in [0.1, 0.15) is 13.3 Å². The van der Waals surface area contributed by atoms with Crippen molar-refractivity contribution in [1.82, 2.24) is 5.32 Å². The fraction of sp³-hybridized carbons (Fsp3) is 0.471. The molecule has 3 amide bonds. The molecular weight excluding hydrogens is 324 g/mol. The molecule has 0 aliphatic carbocycles. The lowest BCUT2D eigenvalue weighted by Gasteiger charge is -2.23. The van der Waals surface area contributed by atoms with Gasteiger partial charge in [0.05, 0.1) is 19.8 Å². The van der Waals surface area contributed by atoms with E-state index in [1.165, 1.54) is 11.8 Å². The zero-order valence-corrected chi connectivity index (χ0v) is 14.4. The highest BCUT2D eigenvalue weighted by atomic mass is 16.5. The molecule has 25 heavy (non-hydrogen) atoms. The summed E-state index contributed by atoms with van der Waals surface area (Å²) in [5.41, 5.74) is 1.12. The number of morpholine rings is 1. The van der Waals surface area contributed by atoms with Crippen molar-refractivity contribution in [2.75, 3.05) is 50.0 Å². The molecule has 136 valence electrons. The zero-order chi connectivity index (χ0) is 18.1. The molecule has 1 heterocycles. The molecule has 0 unspecified atom stereocenters. The molecule has 0 saturated carbocycles. The summed E-state index contributed by atoms with van der Waals surface area (Å²) in [7, 11) is 0. The van der Waals surface area contributed by atoms with Gasteiger partial charge in [0.15, 0.2) is 0 Å². The molecule has 0 radical (unpaired) electrons. The number of anilines is 2. The number of amides is 3. The van der Waals surface area contributed by atoms with Gasteiger partial charge >= 0.3 is 11.8 Å². The third-order valence-electron chi connectivity index (χ3n) is 3.86. The number of rotatable bonds is 6. The molecular formula is C17H25N4O4+. The normalized spacial score (nSPS) is 14.6. The number of ether oxygens (including phenoxy) is 1. The summed E-state index contributed by atoms with van der Waals surface area (Å²) >= 11 is 0. The first-order valence-electron chi connectivity index (χ1n) is 8.43. The van der Waals surface area contributed by atoms with Crippen LogP contribution >= 0.6 is 0 Å². The Labute approximate surface area is 146 Å². The second-order valence-corrected chi connectivity index (χ2v) is 5.93. The Bertz CT molecular complexity index is 597. The van der Waals surface area contributed by atoms with Crippen LogP contribution in [-0.4, -0.2) is 57.1 Å².